The number of carbonyl (C=O) groups excluding carboxylic acids is 2. The van der Waals surface area contributed by atoms with Gasteiger partial charge in [-0.15, -0.1) is 0 Å². The summed E-state index contributed by atoms with van der Waals surface area (Å²) < 4.78 is 5.70. The molecule has 0 saturated heterocycles. The third-order valence-electron chi connectivity index (χ3n) is 5.14. The second-order valence-corrected chi connectivity index (χ2v) is 8.05. The number of amides is 2. The van der Waals surface area contributed by atoms with E-state index in [2.05, 4.69) is 0 Å². The van der Waals surface area contributed by atoms with Crippen molar-refractivity contribution in [3.63, 3.8) is 0 Å². The van der Waals surface area contributed by atoms with Crippen LogP contribution in [0.25, 0.3) is 6.08 Å². The number of rotatable bonds is 9. The van der Waals surface area contributed by atoms with E-state index in [0.717, 1.165) is 22.6 Å². The number of hydrogen-bond acceptors (Lipinski definition) is 3. The van der Waals surface area contributed by atoms with Crippen LogP contribution in [0.2, 0.25) is 0 Å². The van der Waals surface area contributed by atoms with E-state index >= 15 is 0 Å². The van der Waals surface area contributed by atoms with E-state index in [-0.39, 0.29) is 24.4 Å². The quantitative estimate of drug-likeness (QED) is 0.446. The van der Waals surface area contributed by atoms with Gasteiger partial charge in [0, 0.05) is 18.7 Å². The Bertz CT molecular complexity index is 1040. The summed E-state index contributed by atoms with van der Waals surface area (Å²) in [7, 11) is 0. The summed E-state index contributed by atoms with van der Waals surface area (Å²) in [6, 6.07) is 23.1. The van der Waals surface area contributed by atoms with Crippen molar-refractivity contribution in [2.75, 3.05) is 6.54 Å². The van der Waals surface area contributed by atoms with Gasteiger partial charge in [0.25, 0.3) is 0 Å². The van der Waals surface area contributed by atoms with Crippen LogP contribution in [-0.4, -0.2) is 34.2 Å². The Hall–Kier alpha value is -3.60. The lowest BCUT2D eigenvalue weighted by molar-refractivity contribution is -0.140. The lowest BCUT2D eigenvalue weighted by Crippen LogP contribution is -2.45. The Morgan fingerprint density at radius 3 is 2.16 bits per heavy atom. The van der Waals surface area contributed by atoms with Crippen LogP contribution in [0.1, 0.15) is 36.5 Å². The van der Waals surface area contributed by atoms with Gasteiger partial charge in [-0.25, -0.2) is 0 Å². The van der Waals surface area contributed by atoms with E-state index in [1.165, 1.54) is 6.08 Å². The lowest BCUT2D eigenvalue weighted by Gasteiger charge is -2.29. The molecular formula is C27H30N2O3. The van der Waals surface area contributed by atoms with E-state index in [4.69, 9.17) is 4.42 Å². The molecule has 0 bridgehead atoms. The minimum Gasteiger partial charge on any atom is -0.464 e. The maximum atomic E-state index is 13.3. The maximum Gasteiger partial charge on any atom is 0.247 e. The van der Waals surface area contributed by atoms with Crippen molar-refractivity contribution in [1.29, 1.82) is 0 Å². The predicted octanol–water partition coefficient (Wildman–Crippen LogP) is 5.07. The van der Waals surface area contributed by atoms with Crippen LogP contribution in [0.5, 0.6) is 0 Å². The molecule has 0 aliphatic carbocycles. The largest absolute Gasteiger partial charge is 0.464 e. The summed E-state index contributed by atoms with van der Waals surface area (Å²) in [5.74, 6) is 1.21. The minimum absolute atomic E-state index is 0.00214. The monoisotopic (exact) mass is 430 g/mol. The summed E-state index contributed by atoms with van der Waals surface area (Å²) in [5.41, 5.74) is 1.96. The van der Waals surface area contributed by atoms with E-state index in [1.54, 1.807) is 15.9 Å². The average molecular weight is 431 g/mol. The zero-order valence-corrected chi connectivity index (χ0v) is 18.9. The molecule has 0 N–H and O–H groups in total. The van der Waals surface area contributed by atoms with Gasteiger partial charge in [0.1, 0.15) is 18.1 Å². The van der Waals surface area contributed by atoms with Crippen molar-refractivity contribution in [3.8, 4) is 0 Å². The summed E-state index contributed by atoms with van der Waals surface area (Å²) >= 11 is 0. The molecule has 166 valence electrons. The molecule has 0 aliphatic heterocycles. The average Bonchev–Trinajstić information content (AvgIpc) is 3.21. The summed E-state index contributed by atoms with van der Waals surface area (Å²) in [6.07, 6.45) is 3.30. The third kappa shape index (κ3) is 6.71. The normalized spacial score (nSPS) is 11.1. The summed E-state index contributed by atoms with van der Waals surface area (Å²) in [6.45, 7) is 6.51. The predicted molar refractivity (Wildman–Crippen MR) is 126 cm³/mol. The van der Waals surface area contributed by atoms with Gasteiger partial charge in [-0.05, 0) is 50.1 Å². The first-order valence-electron chi connectivity index (χ1n) is 10.8. The van der Waals surface area contributed by atoms with Crippen molar-refractivity contribution in [1.82, 2.24) is 9.80 Å². The fraction of sp³-hybridized carbons (Fsp3) is 0.259. The van der Waals surface area contributed by atoms with Gasteiger partial charge in [0.15, 0.2) is 0 Å². The van der Waals surface area contributed by atoms with Crippen molar-refractivity contribution in [3.05, 3.63) is 102 Å². The molecule has 1 heterocycles. The zero-order chi connectivity index (χ0) is 22.9. The Balaban J connectivity index is 1.75. The number of hydrogen-bond donors (Lipinski definition) is 0. The van der Waals surface area contributed by atoms with Crippen LogP contribution in [0.4, 0.5) is 0 Å². The molecule has 0 spiro atoms. The van der Waals surface area contributed by atoms with Crippen LogP contribution in [0.15, 0.2) is 83.3 Å². The molecule has 5 nitrogen and oxygen atoms in total. The fourth-order valence-electron chi connectivity index (χ4n) is 3.38. The Kier molecular flexibility index (Phi) is 8.03. The highest BCUT2D eigenvalue weighted by molar-refractivity contribution is 5.94. The smallest absolute Gasteiger partial charge is 0.247 e. The summed E-state index contributed by atoms with van der Waals surface area (Å²) in [4.78, 5) is 29.5. The standard InChI is InChI=1S/C27H30N2O3/c1-21(2)29(26(30)17-15-23-10-6-4-7-11-23)20-27(31)28(18-24-12-8-5-9-13-24)19-25-16-14-22(3)32-25/h4-17,21H,18-20H2,1-3H3/b17-15+. The molecule has 0 unspecified atom stereocenters. The fourth-order valence-corrected chi connectivity index (χ4v) is 3.38. The Morgan fingerprint density at radius 2 is 1.56 bits per heavy atom. The Labute approximate surface area is 190 Å². The van der Waals surface area contributed by atoms with Gasteiger partial charge in [-0.2, -0.15) is 0 Å². The van der Waals surface area contributed by atoms with Gasteiger partial charge >= 0.3 is 0 Å². The van der Waals surface area contributed by atoms with Gasteiger partial charge < -0.3 is 14.2 Å². The van der Waals surface area contributed by atoms with E-state index in [0.29, 0.717) is 13.1 Å². The molecule has 0 atom stereocenters. The molecule has 0 fully saturated rings. The lowest BCUT2D eigenvalue weighted by atomic mass is 10.2. The molecule has 1 aromatic heterocycles. The molecule has 3 aromatic rings. The van der Waals surface area contributed by atoms with E-state index in [1.807, 2.05) is 93.6 Å². The van der Waals surface area contributed by atoms with Crippen LogP contribution >= 0.6 is 0 Å². The first-order valence-corrected chi connectivity index (χ1v) is 10.8. The van der Waals surface area contributed by atoms with Gasteiger partial charge in [-0.3, -0.25) is 9.59 Å². The molecule has 2 aromatic carbocycles. The van der Waals surface area contributed by atoms with Gasteiger partial charge in [-0.1, -0.05) is 60.7 Å². The molecule has 2 amide bonds. The highest BCUT2D eigenvalue weighted by Gasteiger charge is 2.23. The van der Waals surface area contributed by atoms with Crippen LogP contribution in [0, 0.1) is 6.92 Å². The second-order valence-electron chi connectivity index (χ2n) is 8.05. The topological polar surface area (TPSA) is 53.8 Å². The van der Waals surface area contributed by atoms with E-state index < -0.39 is 0 Å². The molecule has 3 rings (SSSR count). The van der Waals surface area contributed by atoms with Crippen molar-refractivity contribution in [2.45, 2.75) is 39.9 Å². The highest BCUT2D eigenvalue weighted by Crippen LogP contribution is 2.14. The number of aryl methyl sites for hydroxylation is 1. The third-order valence-corrected chi connectivity index (χ3v) is 5.14. The highest BCUT2D eigenvalue weighted by atomic mass is 16.3. The van der Waals surface area contributed by atoms with Gasteiger partial charge in [0.05, 0.1) is 6.54 Å². The number of benzene rings is 2. The molecule has 5 heteroatoms. The van der Waals surface area contributed by atoms with Crippen LogP contribution in [0.3, 0.4) is 0 Å². The molecular weight excluding hydrogens is 400 g/mol. The first kappa shape index (κ1) is 23.1. The molecule has 0 saturated carbocycles. The first-order chi connectivity index (χ1) is 15.4. The molecule has 0 aliphatic rings. The maximum absolute atomic E-state index is 13.3. The zero-order valence-electron chi connectivity index (χ0n) is 18.9. The second kappa shape index (κ2) is 11.1. The van der Waals surface area contributed by atoms with Crippen molar-refractivity contribution >= 4 is 17.9 Å². The minimum atomic E-state index is -0.189. The summed E-state index contributed by atoms with van der Waals surface area (Å²) in [5, 5.41) is 0. The van der Waals surface area contributed by atoms with E-state index in [9.17, 15) is 9.59 Å². The van der Waals surface area contributed by atoms with Crippen molar-refractivity contribution < 1.29 is 14.0 Å². The van der Waals surface area contributed by atoms with Crippen LogP contribution < -0.4 is 0 Å². The SMILES string of the molecule is Cc1ccc(CN(Cc2ccccc2)C(=O)CN(C(=O)/C=C/c2ccccc2)C(C)C)o1. The Morgan fingerprint density at radius 1 is 0.906 bits per heavy atom. The number of nitrogens with zero attached hydrogens (tertiary/aromatic N) is 2. The molecule has 0 radical (unpaired) electrons. The van der Waals surface area contributed by atoms with Crippen LogP contribution in [-0.2, 0) is 22.7 Å². The molecule has 32 heavy (non-hydrogen) atoms. The number of carbonyl (C=O) groups is 2. The van der Waals surface area contributed by atoms with Crippen molar-refractivity contribution in [2.24, 2.45) is 0 Å². The van der Waals surface area contributed by atoms with Gasteiger partial charge in [0.2, 0.25) is 11.8 Å². The number of furan rings is 1.